The molecular weight excluding hydrogens is 795 g/mol. The highest BCUT2D eigenvalue weighted by Crippen LogP contribution is 2.17. The van der Waals surface area contributed by atoms with Crippen molar-refractivity contribution in [3.8, 4) is 0 Å². The molecule has 2 atom stereocenters. The van der Waals surface area contributed by atoms with Crippen molar-refractivity contribution in [2.45, 2.75) is 328 Å². The van der Waals surface area contributed by atoms with E-state index in [2.05, 4.69) is 55.6 Å². The van der Waals surface area contributed by atoms with Gasteiger partial charge in [0, 0.05) is 6.42 Å². The van der Waals surface area contributed by atoms with Crippen molar-refractivity contribution >= 4 is 5.91 Å². The molecule has 0 bridgehead atoms. The normalized spacial score (nSPS) is 13.1. The number of aliphatic hydroxyl groups excluding tert-OH is 2. The van der Waals surface area contributed by atoms with Crippen LogP contribution in [0, 0.1) is 0 Å². The number of allylic oxidation sites excluding steroid dienone is 7. The fourth-order valence-corrected chi connectivity index (χ4v) is 9.05. The van der Waals surface area contributed by atoms with Gasteiger partial charge in [-0.25, -0.2) is 0 Å². The summed E-state index contributed by atoms with van der Waals surface area (Å²) in [6, 6.07) is -0.640. The van der Waals surface area contributed by atoms with Crippen LogP contribution in [0.4, 0.5) is 0 Å². The van der Waals surface area contributed by atoms with Gasteiger partial charge in [0.05, 0.1) is 18.8 Å². The Bertz CT molecular complexity index is 1030. The van der Waals surface area contributed by atoms with Crippen molar-refractivity contribution in [2.75, 3.05) is 6.61 Å². The molecule has 0 aromatic rings. The fourth-order valence-electron chi connectivity index (χ4n) is 9.05. The van der Waals surface area contributed by atoms with Crippen LogP contribution in [0.5, 0.6) is 0 Å². The predicted molar refractivity (Wildman–Crippen MR) is 290 cm³/mol. The number of rotatable bonds is 54. The maximum atomic E-state index is 12.5. The van der Waals surface area contributed by atoms with E-state index in [9.17, 15) is 15.0 Å². The van der Waals surface area contributed by atoms with Crippen LogP contribution in [0.3, 0.4) is 0 Å². The third-order valence-electron chi connectivity index (χ3n) is 13.5. The van der Waals surface area contributed by atoms with Crippen molar-refractivity contribution in [1.82, 2.24) is 5.32 Å². The maximum absolute atomic E-state index is 12.5. The van der Waals surface area contributed by atoms with Gasteiger partial charge < -0.3 is 15.5 Å². The molecule has 0 aliphatic rings. The van der Waals surface area contributed by atoms with Crippen LogP contribution in [0.25, 0.3) is 0 Å². The van der Waals surface area contributed by atoms with Gasteiger partial charge in [0.15, 0.2) is 0 Å². The lowest BCUT2D eigenvalue weighted by Crippen LogP contribution is -2.45. The van der Waals surface area contributed by atoms with E-state index in [1.165, 1.54) is 257 Å². The molecule has 0 aliphatic carbocycles. The molecule has 0 radical (unpaired) electrons. The van der Waals surface area contributed by atoms with Crippen LogP contribution in [0.2, 0.25) is 0 Å². The number of carbonyl (C=O) groups is 1. The first-order valence-electron chi connectivity index (χ1n) is 29.4. The zero-order valence-electron chi connectivity index (χ0n) is 44.0. The Kier molecular flexibility index (Phi) is 55.2. The standard InChI is InChI=1S/C61H115NO3/c1-3-5-7-9-11-13-15-17-19-21-23-25-27-28-29-30-31-32-33-34-35-37-39-41-43-45-47-49-51-53-55-57-61(65)62-59(58-63)60(64)56-54-52-50-48-46-44-42-40-38-36-26-24-22-20-18-16-14-12-10-8-6-4-2/h23,25,28-29,46,48,54,56,59-60,63-64H,3-22,24,26-27,30-45,47,49-53,55,57-58H2,1-2H3,(H,62,65)/b25-23-,29-28-,48-46+,56-54+. The highest BCUT2D eigenvalue weighted by molar-refractivity contribution is 5.76. The topological polar surface area (TPSA) is 69.6 Å². The highest BCUT2D eigenvalue weighted by Gasteiger charge is 2.18. The molecule has 382 valence electrons. The second-order valence-electron chi connectivity index (χ2n) is 20.1. The number of hydrogen-bond acceptors (Lipinski definition) is 3. The lowest BCUT2D eigenvalue weighted by Gasteiger charge is -2.19. The molecule has 1 amide bonds. The van der Waals surface area contributed by atoms with Crippen LogP contribution in [0.15, 0.2) is 48.6 Å². The van der Waals surface area contributed by atoms with Gasteiger partial charge in [-0.05, 0) is 64.2 Å². The van der Waals surface area contributed by atoms with Crippen LogP contribution in [-0.4, -0.2) is 34.9 Å². The van der Waals surface area contributed by atoms with Crippen molar-refractivity contribution in [3.05, 3.63) is 48.6 Å². The minimum Gasteiger partial charge on any atom is -0.394 e. The smallest absolute Gasteiger partial charge is 0.220 e. The lowest BCUT2D eigenvalue weighted by atomic mass is 10.0. The van der Waals surface area contributed by atoms with Gasteiger partial charge in [-0.15, -0.1) is 0 Å². The van der Waals surface area contributed by atoms with Crippen molar-refractivity contribution in [2.24, 2.45) is 0 Å². The Labute approximate surface area is 407 Å². The molecule has 0 saturated heterocycles. The highest BCUT2D eigenvalue weighted by atomic mass is 16.3. The molecule has 0 aromatic carbocycles. The van der Waals surface area contributed by atoms with Crippen LogP contribution >= 0.6 is 0 Å². The molecule has 0 rings (SSSR count). The SMILES string of the molecule is CCCCCCCCCCC/C=C\C/C=C\CCCCCCCCCCCCCCCCCC(=O)NC(CO)C(O)/C=C/CC/C=C/CCCCCCCCCCCCCCCCCC. The van der Waals surface area contributed by atoms with Crippen LogP contribution in [-0.2, 0) is 4.79 Å². The first-order valence-corrected chi connectivity index (χ1v) is 29.4. The molecule has 0 saturated carbocycles. The van der Waals surface area contributed by atoms with Gasteiger partial charge in [0.25, 0.3) is 0 Å². The van der Waals surface area contributed by atoms with E-state index in [-0.39, 0.29) is 12.5 Å². The number of nitrogens with one attached hydrogen (secondary N) is 1. The Morgan fingerprint density at radius 2 is 0.646 bits per heavy atom. The first-order chi connectivity index (χ1) is 32.2. The van der Waals surface area contributed by atoms with Crippen molar-refractivity contribution in [1.29, 1.82) is 0 Å². The summed E-state index contributed by atoms with van der Waals surface area (Å²) in [5.41, 5.74) is 0. The number of carbonyl (C=O) groups excluding carboxylic acids is 1. The third-order valence-corrected chi connectivity index (χ3v) is 13.5. The Balaban J connectivity index is 3.50. The number of aliphatic hydroxyl groups is 2. The predicted octanol–water partition coefficient (Wildman–Crippen LogP) is 19.4. The molecule has 3 N–H and O–H groups in total. The molecule has 0 aliphatic heterocycles. The summed E-state index contributed by atoms with van der Waals surface area (Å²) in [5, 5.41) is 23.2. The van der Waals surface area contributed by atoms with Crippen molar-refractivity contribution in [3.63, 3.8) is 0 Å². The van der Waals surface area contributed by atoms with E-state index in [4.69, 9.17) is 0 Å². The Morgan fingerprint density at radius 3 is 0.985 bits per heavy atom. The van der Waals surface area contributed by atoms with E-state index in [1.54, 1.807) is 6.08 Å². The van der Waals surface area contributed by atoms with E-state index in [1.807, 2.05) is 6.08 Å². The van der Waals surface area contributed by atoms with Crippen LogP contribution < -0.4 is 5.32 Å². The van der Waals surface area contributed by atoms with Gasteiger partial charge in [0.2, 0.25) is 5.91 Å². The van der Waals surface area contributed by atoms with Gasteiger partial charge in [-0.2, -0.15) is 0 Å². The summed E-state index contributed by atoms with van der Waals surface area (Å²) in [7, 11) is 0. The third kappa shape index (κ3) is 53.2. The average Bonchev–Trinajstić information content (AvgIpc) is 3.31. The van der Waals surface area contributed by atoms with Gasteiger partial charge >= 0.3 is 0 Å². The summed E-state index contributed by atoms with van der Waals surface area (Å²) < 4.78 is 0. The fraction of sp³-hybridized carbons (Fsp3) is 0.852. The molecule has 4 nitrogen and oxygen atoms in total. The molecule has 0 spiro atoms. The van der Waals surface area contributed by atoms with E-state index in [0.717, 1.165) is 38.5 Å². The minimum absolute atomic E-state index is 0.0704. The van der Waals surface area contributed by atoms with Crippen molar-refractivity contribution < 1.29 is 15.0 Å². The Hall–Kier alpha value is -1.65. The van der Waals surface area contributed by atoms with Gasteiger partial charge in [0.1, 0.15) is 0 Å². The van der Waals surface area contributed by atoms with Gasteiger partial charge in [-0.1, -0.05) is 294 Å². The first kappa shape index (κ1) is 63.4. The molecule has 65 heavy (non-hydrogen) atoms. The Morgan fingerprint density at radius 1 is 0.369 bits per heavy atom. The van der Waals surface area contributed by atoms with Crippen LogP contribution in [0.1, 0.15) is 316 Å². The second-order valence-corrected chi connectivity index (χ2v) is 20.1. The summed E-state index contributed by atoms with van der Waals surface area (Å²) in [6.45, 7) is 4.33. The zero-order valence-corrected chi connectivity index (χ0v) is 44.0. The summed E-state index contributed by atoms with van der Waals surface area (Å²) in [5.74, 6) is -0.0704. The summed E-state index contributed by atoms with van der Waals surface area (Å²) in [4.78, 5) is 12.5. The molecule has 0 heterocycles. The average molecular weight is 911 g/mol. The monoisotopic (exact) mass is 910 g/mol. The second kappa shape index (κ2) is 56.7. The lowest BCUT2D eigenvalue weighted by molar-refractivity contribution is -0.123. The molecule has 2 unspecified atom stereocenters. The number of hydrogen-bond donors (Lipinski definition) is 3. The summed E-state index contributed by atoms with van der Waals surface area (Å²) >= 11 is 0. The number of unbranched alkanes of at least 4 members (excludes halogenated alkanes) is 41. The quantitative estimate of drug-likeness (QED) is 0.0421. The van der Waals surface area contributed by atoms with E-state index in [0.29, 0.717) is 6.42 Å². The largest absolute Gasteiger partial charge is 0.394 e. The van der Waals surface area contributed by atoms with E-state index >= 15 is 0 Å². The van der Waals surface area contributed by atoms with E-state index < -0.39 is 12.1 Å². The number of amides is 1. The maximum Gasteiger partial charge on any atom is 0.220 e. The zero-order chi connectivity index (χ0) is 47.0. The molecule has 4 heteroatoms. The minimum atomic E-state index is -0.863. The molecule has 0 fully saturated rings. The molecular formula is C61H115NO3. The van der Waals surface area contributed by atoms with Gasteiger partial charge in [-0.3, -0.25) is 4.79 Å². The molecule has 0 aromatic heterocycles. The summed E-state index contributed by atoms with van der Waals surface area (Å²) in [6.07, 6.45) is 78.6.